The van der Waals surface area contributed by atoms with Crippen LogP contribution in [0.15, 0.2) is 0 Å². The molecule has 0 aromatic carbocycles. The Hall–Kier alpha value is 0.390. The van der Waals surface area contributed by atoms with E-state index in [0.717, 1.165) is 6.16 Å². The van der Waals surface area contributed by atoms with E-state index in [1.54, 1.807) is 0 Å². The van der Waals surface area contributed by atoms with Crippen molar-refractivity contribution < 1.29 is 0 Å². The van der Waals surface area contributed by atoms with Crippen molar-refractivity contribution in [3.63, 3.8) is 0 Å². The molecule has 2 heteroatoms. The number of hydrogen-bond acceptors (Lipinski definition) is 1. The molecule has 0 heterocycles. The average molecular weight is 133 g/mol. The van der Waals surface area contributed by atoms with E-state index >= 15 is 0 Å². The molecule has 0 aliphatic rings. The van der Waals surface area contributed by atoms with Gasteiger partial charge < -0.3 is 5.50 Å². The van der Waals surface area contributed by atoms with Gasteiger partial charge in [-0.25, -0.2) is 0 Å². The van der Waals surface area contributed by atoms with Crippen molar-refractivity contribution >= 4 is 8.07 Å². The second kappa shape index (κ2) is 2.80. The minimum atomic E-state index is -0.219. The molecule has 8 heavy (non-hydrogen) atoms. The third-order valence-electron chi connectivity index (χ3n) is 1.20. The van der Waals surface area contributed by atoms with Crippen LogP contribution >= 0.6 is 8.07 Å². The van der Waals surface area contributed by atoms with Gasteiger partial charge >= 0.3 is 0 Å². The van der Waals surface area contributed by atoms with Gasteiger partial charge in [0.05, 0.1) is 0 Å². The summed E-state index contributed by atoms with van der Waals surface area (Å²) in [5, 5.41) is 0.351. The molecule has 0 spiro atoms. The van der Waals surface area contributed by atoms with Crippen molar-refractivity contribution in [2.45, 2.75) is 32.9 Å². The van der Waals surface area contributed by atoms with Crippen LogP contribution in [-0.2, 0) is 0 Å². The zero-order valence-corrected chi connectivity index (χ0v) is 7.13. The Labute approximate surface area is 53.5 Å². The molecule has 0 aliphatic heterocycles. The summed E-state index contributed by atoms with van der Waals surface area (Å²) in [6.45, 7) is 8.74. The second-order valence-electron chi connectivity index (χ2n) is 2.96. The van der Waals surface area contributed by atoms with Crippen LogP contribution in [0.25, 0.3) is 0 Å². The molecule has 0 amide bonds. The topological polar surface area (TPSA) is 26.0 Å². The zero-order chi connectivity index (χ0) is 6.78. The molecule has 0 radical (unpaired) electrons. The van der Waals surface area contributed by atoms with Crippen LogP contribution in [0.2, 0.25) is 0 Å². The molecule has 1 unspecified atom stereocenters. The third-order valence-corrected chi connectivity index (χ3v) is 3.61. The van der Waals surface area contributed by atoms with Gasteiger partial charge in [-0.2, -0.15) is 0 Å². The van der Waals surface area contributed by atoms with Gasteiger partial charge in [0, 0.05) is 0 Å². The standard InChI is InChI=1S/C6H16NP/c1-5-8(7)6(2,3)4/h5,7H2,1-4H3. The minimum Gasteiger partial charge on any atom is -0.309 e. The Morgan fingerprint density at radius 3 is 1.75 bits per heavy atom. The highest BCUT2D eigenvalue weighted by Crippen LogP contribution is 2.40. The summed E-state index contributed by atoms with van der Waals surface area (Å²) in [5.41, 5.74) is 5.81. The first-order chi connectivity index (χ1) is 3.48. The third kappa shape index (κ3) is 2.64. The summed E-state index contributed by atoms with van der Waals surface area (Å²) >= 11 is 0. The predicted octanol–water partition coefficient (Wildman–Crippen LogP) is 2.16. The van der Waals surface area contributed by atoms with E-state index in [1.807, 2.05) is 0 Å². The van der Waals surface area contributed by atoms with Crippen molar-refractivity contribution in [2.24, 2.45) is 5.50 Å². The normalized spacial score (nSPS) is 16.1. The first kappa shape index (κ1) is 8.39. The summed E-state index contributed by atoms with van der Waals surface area (Å²) in [6.07, 6.45) is 1.14. The first-order valence-electron chi connectivity index (χ1n) is 3.01. The Morgan fingerprint density at radius 1 is 1.38 bits per heavy atom. The van der Waals surface area contributed by atoms with Crippen LogP contribution in [0, 0.1) is 0 Å². The Bertz CT molecular complexity index is 65.4. The molecule has 0 saturated heterocycles. The van der Waals surface area contributed by atoms with Crippen molar-refractivity contribution in [1.82, 2.24) is 0 Å². The predicted molar refractivity (Wildman–Crippen MR) is 41.4 cm³/mol. The van der Waals surface area contributed by atoms with Gasteiger partial charge in [-0.15, -0.1) is 0 Å². The van der Waals surface area contributed by atoms with E-state index in [0.29, 0.717) is 5.16 Å². The van der Waals surface area contributed by atoms with Gasteiger partial charge in [0.25, 0.3) is 0 Å². The number of hydrogen-bond donors (Lipinski definition) is 1. The molecule has 0 aromatic rings. The van der Waals surface area contributed by atoms with Crippen LogP contribution in [0.4, 0.5) is 0 Å². The van der Waals surface area contributed by atoms with E-state index in [1.165, 1.54) is 0 Å². The lowest BCUT2D eigenvalue weighted by Crippen LogP contribution is -2.17. The molecular formula is C6H16NP. The quantitative estimate of drug-likeness (QED) is 0.545. The molecule has 2 N–H and O–H groups in total. The molecule has 50 valence electrons. The molecule has 1 atom stereocenters. The van der Waals surface area contributed by atoms with Crippen LogP contribution in [0.3, 0.4) is 0 Å². The smallest absolute Gasteiger partial charge is 0.00510 e. The monoisotopic (exact) mass is 133 g/mol. The summed E-state index contributed by atoms with van der Waals surface area (Å²) in [7, 11) is -0.219. The SMILES string of the molecule is CCP(N)C(C)(C)C. The molecule has 0 rings (SSSR count). The highest BCUT2D eigenvalue weighted by atomic mass is 31.1. The van der Waals surface area contributed by atoms with E-state index < -0.39 is 0 Å². The second-order valence-corrected chi connectivity index (χ2v) is 5.87. The lowest BCUT2D eigenvalue weighted by Gasteiger charge is -2.25. The fraction of sp³-hybridized carbons (Fsp3) is 1.00. The van der Waals surface area contributed by atoms with Gasteiger partial charge in [-0.05, 0) is 19.4 Å². The maximum Gasteiger partial charge on any atom is -0.00510 e. The van der Waals surface area contributed by atoms with Crippen LogP contribution in [0.5, 0.6) is 0 Å². The molecule has 0 aliphatic carbocycles. The van der Waals surface area contributed by atoms with E-state index in [-0.39, 0.29) is 8.07 Å². The number of rotatable bonds is 1. The molecule has 1 nitrogen and oxygen atoms in total. The summed E-state index contributed by atoms with van der Waals surface area (Å²) in [5.74, 6) is 0. The van der Waals surface area contributed by atoms with Crippen molar-refractivity contribution in [3.05, 3.63) is 0 Å². The lowest BCUT2D eigenvalue weighted by molar-refractivity contribution is 0.781. The van der Waals surface area contributed by atoms with Gasteiger partial charge in [0.1, 0.15) is 0 Å². The minimum absolute atomic E-state index is 0.219. The highest BCUT2D eigenvalue weighted by Gasteiger charge is 2.17. The van der Waals surface area contributed by atoms with Crippen LogP contribution in [-0.4, -0.2) is 11.3 Å². The Balaban J connectivity index is 3.62. The molecular weight excluding hydrogens is 117 g/mol. The van der Waals surface area contributed by atoms with Gasteiger partial charge in [-0.3, -0.25) is 0 Å². The van der Waals surface area contributed by atoms with Gasteiger partial charge in [0.15, 0.2) is 0 Å². The first-order valence-corrected chi connectivity index (χ1v) is 4.60. The summed E-state index contributed by atoms with van der Waals surface area (Å²) in [6, 6.07) is 0. The van der Waals surface area contributed by atoms with Crippen molar-refractivity contribution in [2.75, 3.05) is 6.16 Å². The highest BCUT2D eigenvalue weighted by molar-refractivity contribution is 7.56. The van der Waals surface area contributed by atoms with Gasteiger partial charge in [0.2, 0.25) is 0 Å². The van der Waals surface area contributed by atoms with Gasteiger partial charge in [-0.1, -0.05) is 27.7 Å². The van der Waals surface area contributed by atoms with E-state index in [9.17, 15) is 0 Å². The fourth-order valence-electron chi connectivity index (χ4n) is 0.474. The van der Waals surface area contributed by atoms with Crippen LogP contribution in [0.1, 0.15) is 27.7 Å². The molecule has 0 saturated carbocycles. The fourth-order valence-corrected chi connectivity index (χ4v) is 1.42. The van der Waals surface area contributed by atoms with Crippen molar-refractivity contribution in [3.8, 4) is 0 Å². The summed E-state index contributed by atoms with van der Waals surface area (Å²) in [4.78, 5) is 0. The van der Waals surface area contributed by atoms with E-state index in [4.69, 9.17) is 5.50 Å². The van der Waals surface area contributed by atoms with E-state index in [2.05, 4.69) is 27.7 Å². The maximum atomic E-state index is 5.81. The Morgan fingerprint density at radius 2 is 1.75 bits per heavy atom. The molecule has 0 fully saturated rings. The average Bonchev–Trinajstić information content (AvgIpc) is 1.62. The molecule has 0 bridgehead atoms. The van der Waals surface area contributed by atoms with Crippen molar-refractivity contribution in [1.29, 1.82) is 0 Å². The zero-order valence-electron chi connectivity index (χ0n) is 6.23. The summed E-state index contributed by atoms with van der Waals surface area (Å²) < 4.78 is 0. The van der Waals surface area contributed by atoms with Crippen LogP contribution < -0.4 is 5.50 Å². The maximum absolute atomic E-state index is 5.81. The Kier molecular flexibility index (Phi) is 2.93. The largest absolute Gasteiger partial charge is 0.309 e. The molecule has 0 aromatic heterocycles. The number of nitrogens with two attached hydrogens (primary N) is 1. The lowest BCUT2D eigenvalue weighted by atomic mass is 10.3.